The molecule has 0 saturated heterocycles. The van der Waals surface area contributed by atoms with Crippen LogP contribution in [0, 0.1) is 5.82 Å². The Bertz CT molecular complexity index is 620. The highest BCUT2D eigenvalue weighted by Gasteiger charge is 2.07. The van der Waals surface area contributed by atoms with Crippen molar-refractivity contribution in [2.75, 3.05) is 13.7 Å². The molecular formula is C14H15FN4O2. The molecule has 0 unspecified atom stereocenters. The maximum atomic E-state index is 13.7. The van der Waals surface area contributed by atoms with Crippen molar-refractivity contribution in [1.82, 2.24) is 9.97 Å². The first-order valence-electron chi connectivity index (χ1n) is 6.27. The number of hydrogen-bond donors (Lipinski definition) is 1. The van der Waals surface area contributed by atoms with Crippen LogP contribution in [0.15, 0.2) is 41.7 Å². The van der Waals surface area contributed by atoms with Crippen LogP contribution in [0.1, 0.15) is 5.56 Å². The van der Waals surface area contributed by atoms with Gasteiger partial charge in [-0.15, -0.1) is 0 Å². The molecule has 0 atom stereocenters. The lowest BCUT2D eigenvalue weighted by atomic mass is 10.1. The molecule has 0 fully saturated rings. The number of benzene rings is 1. The van der Waals surface area contributed by atoms with Gasteiger partial charge in [0.1, 0.15) is 11.6 Å². The van der Waals surface area contributed by atoms with Crippen LogP contribution >= 0.6 is 0 Å². The first kappa shape index (κ1) is 14.7. The van der Waals surface area contributed by atoms with Crippen LogP contribution in [0.5, 0.6) is 11.8 Å². The second-order valence-electron chi connectivity index (χ2n) is 4.05. The first-order chi connectivity index (χ1) is 10.2. The van der Waals surface area contributed by atoms with E-state index in [0.717, 1.165) is 0 Å². The van der Waals surface area contributed by atoms with Crippen molar-refractivity contribution in [1.29, 1.82) is 0 Å². The van der Waals surface area contributed by atoms with Gasteiger partial charge < -0.3 is 15.2 Å². The molecule has 0 aliphatic heterocycles. The van der Waals surface area contributed by atoms with E-state index in [1.165, 1.54) is 19.2 Å². The summed E-state index contributed by atoms with van der Waals surface area (Å²) in [6.45, 7) is 0.228. The Morgan fingerprint density at radius 1 is 1.33 bits per heavy atom. The minimum atomic E-state index is -0.341. The van der Waals surface area contributed by atoms with Crippen molar-refractivity contribution >= 4 is 6.02 Å². The normalized spacial score (nSPS) is 11.2. The number of aliphatic imine (C=N–C) groups is 1. The Kier molecular flexibility index (Phi) is 5.03. The van der Waals surface area contributed by atoms with E-state index in [9.17, 15) is 4.39 Å². The van der Waals surface area contributed by atoms with Gasteiger partial charge in [0.15, 0.2) is 0 Å². The molecule has 2 rings (SSSR count). The van der Waals surface area contributed by atoms with E-state index in [1.807, 2.05) is 0 Å². The molecule has 0 bridgehead atoms. The molecule has 0 aliphatic rings. The van der Waals surface area contributed by atoms with Crippen molar-refractivity contribution in [2.24, 2.45) is 10.7 Å². The molecular weight excluding hydrogens is 275 g/mol. The van der Waals surface area contributed by atoms with E-state index < -0.39 is 0 Å². The fourth-order valence-corrected chi connectivity index (χ4v) is 1.58. The zero-order valence-electron chi connectivity index (χ0n) is 11.5. The van der Waals surface area contributed by atoms with Gasteiger partial charge in [-0.3, -0.25) is 0 Å². The predicted octanol–water partition coefficient (Wildman–Crippen LogP) is 1.91. The maximum Gasteiger partial charge on any atom is 0.321 e. The van der Waals surface area contributed by atoms with Crippen molar-refractivity contribution in [3.63, 3.8) is 0 Å². The van der Waals surface area contributed by atoms with E-state index in [-0.39, 0.29) is 24.5 Å². The summed E-state index contributed by atoms with van der Waals surface area (Å²) in [6.07, 6.45) is 3.47. The van der Waals surface area contributed by atoms with Crippen LogP contribution in [0.4, 0.5) is 4.39 Å². The second-order valence-corrected chi connectivity index (χ2v) is 4.05. The van der Waals surface area contributed by atoms with E-state index in [1.54, 1.807) is 24.5 Å². The van der Waals surface area contributed by atoms with Gasteiger partial charge in [-0.2, -0.15) is 0 Å². The Morgan fingerprint density at radius 3 is 2.81 bits per heavy atom. The molecule has 2 N–H and O–H groups in total. The molecule has 0 amide bonds. The predicted molar refractivity (Wildman–Crippen MR) is 75.7 cm³/mol. The molecule has 2 aromatic rings. The Labute approximate surface area is 121 Å². The minimum Gasteiger partial charge on any atom is -0.465 e. The number of halogens is 1. The third kappa shape index (κ3) is 4.41. The van der Waals surface area contributed by atoms with Crippen LogP contribution in [0.25, 0.3) is 0 Å². The van der Waals surface area contributed by atoms with Gasteiger partial charge in [-0.25, -0.2) is 19.4 Å². The van der Waals surface area contributed by atoms with Gasteiger partial charge in [0, 0.05) is 25.9 Å². The highest BCUT2D eigenvalue weighted by atomic mass is 19.1. The molecule has 0 spiro atoms. The molecule has 1 heterocycles. The smallest absolute Gasteiger partial charge is 0.321 e. The fourth-order valence-electron chi connectivity index (χ4n) is 1.58. The quantitative estimate of drug-likeness (QED) is 0.672. The average Bonchev–Trinajstić information content (AvgIpc) is 2.51. The summed E-state index contributed by atoms with van der Waals surface area (Å²) in [5.41, 5.74) is 5.85. The standard InChI is InChI=1S/C14H15FN4O2/c1-17-13(16)20-8-5-10-9-11(3-4-12(10)15)21-14-18-6-2-7-19-14/h2-4,6-7,9H,5,8H2,1H3,(H2,16,17). The molecule has 6 nitrogen and oxygen atoms in total. The van der Waals surface area contributed by atoms with Gasteiger partial charge in [-0.05, 0) is 29.8 Å². The molecule has 1 aromatic carbocycles. The van der Waals surface area contributed by atoms with Crippen molar-refractivity contribution in [3.8, 4) is 11.8 Å². The topological polar surface area (TPSA) is 82.6 Å². The number of nitrogens with two attached hydrogens (primary N) is 1. The molecule has 0 aliphatic carbocycles. The van der Waals surface area contributed by atoms with Gasteiger partial charge in [0.2, 0.25) is 0 Å². The van der Waals surface area contributed by atoms with Gasteiger partial charge in [-0.1, -0.05) is 0 Å². The SMILES string of the molecule is CN=C(N)OCCc1cc(Oc2ncccn2)ccc1F. The number of hydrogen-bond acceptors (Lipinski definition) is 5. The number of ether oxygens (including phenoxy) is 2. The van der Waals surface area contributed by atoms with Crippen LogP contribution in [0.3, 0.4) is 0 Å². The zero-order valence-corrected chi connectivity index (χ0v) is 11.5. The van der Waals surface area contributed by atoms with Crippen LogP contribution in [-0.2, 0) is 11.2 Å². The molecule has 0 radical (unpaired) electrons. The highest BCUT2D eigenvalue weighted by molar-refractivity contribution is 5.71. The summed E-state index contributed by atoms with van der Waals surface area (Å²) >= 11 is 0. The highest BCUT2D eigenvalue weighted by Crippen LogP contribution is 2.21. The Balaban J connectivity index is 2.03. The summed E-state index contributed by atoms with van der Waals surface area (Å²) in [4.78, 5) is 11.5. The van der Waals surface area contributed by atoms with Gasteiger partial charge in [0.25, 0.3) is 6.02 Å². The lowest BCUT2D eigenvalue weighted by Gasteiger charge is -2.08. The summed E-state index contributed by atoms with van der Waals surface area (Å²) in [6, 6.07) is 6.37. The van der Waals surface area contributed by atoms with E-state index in [0.29, 0.717) is 17.7 Å². The van der Waals surface area contributed by atoms with Crippen molar-refractivity contribution in [2.45, 2.75) is 6.42 Å². The third-order valence-electron chi connectivity index (χ3n) is 2.61. The minimum absolute atomic E-state index is 0.0699. The van der Waals surface area contributed by atoms with E-state index in [2.05, 4.69) is 15.0 Å². The van der Waals surface area contributed by atoms with Gasteiger partial charge >= 0.3 is 6.01 Å². The molecule has 21 heavy (non-hydrogen) atoms. The summed E-state index contributed by atoms with van der Waals surface area (Å²) in [5, 5.41) is 0. The molecule has 1 aromatic heterocycles. The fraction of sp³-hybridized carbons (Fsp3) is 0.214. The summed E-state index contributed by atoms with van der Waals surface area (Å²) < 4.78 is 24.3. The Hall–Kier alpha value is -2.70. The first-order valence-corrected chi connectivity index (χ1v) is 6.27. The van der Waals surface area contributed by atoms with Crippen LogP contribution < -0.4 is 10.5 Å². The van der Waals surface area contributed by atoms with Crippen LogP contribution in [0.2, 0.25) is 0 Å². The Morgan fingerprint density at radius 2 is 2.10 bits per heavy atom. The number of nitrogens with zero attached hydrogens (tertiary/aromatic N) is 3. The zero-order chi connectivity index (χ0) is 15.1. The summed E-state index contributed by atoms with van der Waals surface area (Å²) in [5.74, 6) is 0.113. The average molecular weight is 290 g/mol. The van der Waals surface area contributed by atoms with E-state index in [4.69, 9.17) is 15.2 Å². The molecule has 7 heteroatoms. The maximum absolute atomic E-state index is 13.7. The number of amidine groups is 1. The summed E-state index contributed by atoms with van der Waals surface area (Å²) in [7, 11) is 1.52. The lowest BCUT2D eigenvalue weighted by Crippen LogP contribution is -2.17. The van der Waals surface area contributed by atoms with Crippen LogP contribution in [-0.4, -0.2) is 29.6 Å². The second kappa shape index (κ2) is 7.18. The van der Waals surface area contributed by atoms with E-state index >= 15 is 0 Å². The van der Waals surface area contributed by atoms with Gasteiger partial charge in [0.05, 0.1) is 6.61 Å². The lowest BCUT2D eigenvalue weighted by molar-refractivity contribution is 0.301. The molecule has 0 saturated carbocycles. The number of aromatic nitrogens is 2. The van der Waals surface area contributed by atoms with Crippen molar-refractivity contribution < 1.29 is 13.9 Å². The number of rotatable bonds is 5. The monoisotopic (exact) mass is 290 g/mol. The molecule has 110 valence electrons. The van der Waals surface area contributed by atoms with Crippen molar-refractivity contribution in [3.05, 3.63) is 48.0 Å². The third-order valence-corrected chi connectivity index (χ3v) is 2.61. The largest absolute Gasteiger partial charge is 0.465 e.